The quantitative estimate of drug-likeness (QED) is 0.696. The fraction of sp³-hybridized carbons (Fsp3) is 1.00. The third kappa shape index (κ3) is 10.2. The van der Waals surface area contributed by atoms with Gasteiger partial charge in [0.25, 0.3) is 0 Å². The van der Waals surface area contributed by atoms with Gasteiger partial charge in [-0.2, -0.15) is 0 Å². The van der Waals surface area contributed by atoms with Crippen molar-refractivity contribution >= 4 is 0 Å². The van der Waals surface area contributed by atoms with Crippen molar-refractivity contribution in [2.45, 2.75) is 73.8 Å². The van der Waals surface area contributed by atoms with E-state index in [2.05, 4.69) is 53.8 Å². The molecule has 0 aromatic heterocycles. The van der Waals surface area contributed by atoms with Crippen molar-refractivity contribution in [3.05, 3.63) is 0 Å². The highest BCUT2D eigenvalue weighted by Gasteiger charge is 2.21. The Labute approximate surface area is 97.0 Å². The van der Waals surface area contributed by atoms with Gasteiger partial charge in [0.15, 0.2) is 0 Å². The number of hydrogen-bond donors (Lipinski definition) is 1. The molecule has 1 nitrogen and oxygen atoms in total. The van der Waals surface area contributed by atoms with E-state index in [1.54, 1.807) is 0 Å². The minimum Gasteiger partial charge on any atom is -0.315 e. The lowest BCUT2D eigenvalue weighted by atomic mass is 9.78. The summed E-state index contributed by atoms with van der Waals surface area (Å²) in [4.78, 5) is 0. The number of nitrogens with one attached hydrogen (secondary N) is 1. The van der Waals surface area contributed by atoms with E-state index in [1.165, 1.54) is 19.3 Å². The predicted molar refractivity (Wildman–Crippen MR) is 70.2 cm³/mol. The fourth-order valence-corrected chi connectivity index (χ4v) is 1.54. The summed E-state index contributed by atoms with van der Waals surface area (Å²) in [5, 5.41) is 3.50. The van der Waals surface area contributed by atoms with E-state index in [9.17, 15) is 0 Å². The molecule has 0 aliphatic rings. The lowest BCUT2D eigenvalue weighted by molar-refractivity contribution is 0.237. The maximum atomic E-state index is 3.50. The van der Waals surface area contributed by atoms with Gasteiger partial charge in [0.1, 0.15) is 0 Å². The molecule has 1 N–H and O–H groups in total. The summed E-state index contributed by atoms with van der Waals surface area (Å²) in [5.41, 5.74) is 0.956. The maximum Gasteiger partial charge on any atom is 0.00103 e. The monoisotopic (exact) mass is 213 g/mol. The van der Waals surface area contributed by atoms with E-state index in [0.717, 1.165) is 6.54 Å². The van der Waals surface area contributed by atoms with Crippen molar-refractivity contribution in [1.29, 1.82) is 0 Å². The van der Waals surface area contributed by atoms with Crippen LogP contribution in [0.3, 0.4) is 0 Å². The van der Waals surface area contributed by atoms with Crippen LogP contribution < -0.4 is 5.32 Å². The summed E-state index contributed by atoms with van der Waals surface area (Å²) < 4.78 is 0. The van der Waals surface area contributed by atoms with Gasteiger partial charge in [-0.05, 0) is 36.6 Å². The molecule has 0 aromatic carbocycles. The van der Waals surface area contributed by atoms with Gasteiger partial charge in [0, 0.05) is 6.04 Å². The van der Waals surface area contributed by atoms with E-state index in [0.29, 0.717) is 16.9 Å². The lowest BCUT2D eigenvalue weighted by Crippen LogP contribution is -2.28. The number of hydrogen-bond acceptors (Lipinski definition) is 1. The third-order valence-corrected chi connectivity index (χ3v) is 2.91. The second-order valence-corrected chi connectivity index (χ2v) is 7.08. The Morgan fingerprint density at radius 1 is 0.867 bits per heavy atom. The average molecular weight is 213 g/mol. The van der Waals surface area contributed by atoms with Crippen LogP contribution in [-0.4, -0.2) is 12.6 Å². The molecule has 15 heavy (non-hydrogen) atoms. The molecule has 0 heterocycles. The van der Waals surface area contributed by atoms with Crippen LogP contribution in [0.25, 0.3) is 0 Å². The van der Waals surface area contributed by atoms with Crippen LogP contribution in [-0.2, 0) is 0 Å². The van der Waals surface area contributed by atoms with Crippen molar-refractivity contribution in [2.24, 2.45) is 10.8 Å². The van der Waals surface area contributed by atoms with Crippen LogP contribution in [0.5, 0.6) is 0 Å². The molecule has 0 atom stereocenters. The van der Waals surface area contributed by atoms with E-state index in [-0.39, 0.29) is 0 Å². The maximum absolute atomic E-state index is 3.50. The molecule has 0 aliphatic carbocycles. The first-order valence-electron chi connectivity index (χ1n) is 6.36. The van der Waals surface area contributed by atoms with Crippen molar-refractivity contribution in [2.75, 3.05) is 6.54 Å². The summed E-state index contributed by atoms with van der Waals surface area (Å²) in [6, 6.07) is 0.614. The zero-order valence-corrected chi connectivity index (χ0v) is 11.9. The van der Waals surface area contributed by atoms with Crippen LogP contribution in [0.1, 0.15) is 67.7 Å². The Morgan fingerprint density at radius 2 is 1.40 bits per heavy atom. The normalized spacial score (nSPS) is 13.6. The molecule has 0 bridgehead atoms. The molecule has 0 rings (SSSR count). The van der Waals surface area contributed by atoms with Gasteiger partial charge >= 0.3 is 0 Å². The van der Waals surface area contributed by atoms with Crippen LogP contribution in [0.15, 0.2) is 0 Å². The summed E-state index contributed by atoms with van der Waals surface area (Å²) in [6.07, 6.45) is 3.93. The van der Waals surface area contributed by atoms with E-state index < -0.39 is 0 Å². The van der Waals surface area contributed by atoms with E-state index >= 15 is 0 Å². The Morgan fingerprint density at radius 3 is 1.80 bits per heavy atom. The highest BCUT2D eigenvalue weighted by Crippen LogP contribution is 2.32. The largest absolute Gasteiger partial charge is 0.315 e. The average Bonchev–Trinajstić information content (AvgIpc) is 1.99. The predicted octanol–water partition coefficient (Wildman–Crippen LogP) is 4.23. The van der Waals surface area contributed by atoms with Crippen molar-refractivity contribution < 1.29 is 0 Å². The van der Waals surface area contributed by atoms with Gasteiger partial charge in [-0.3, -0.25) is 0 Å². The molecule has 0 radical (unpaired) electrons. The van der Waals surface area contributed by atoms with Gasteiger partial charge in [0.2, 0.25) is 0 Å². The molecule has 0 aliphatic heterocycles. The van der Waals surface area contributed by atoms with Gasteiger partial charge in [-0.1, -0.05) is 48.5 Å². The van der Waals surface area contributed by atoms with Crippen molar-refractivity contribution in [3.63, 3.8) is 0 Å². The first kappa shape index (κ1) is 15.0. The molecule has 0 aromatic rings. The first-order valence-corrected chi connectivity index (χ1v) is 6.36. The topological polar surface area (TPSA) is 12.0 Å². The summed E-state index contributed by atoms with van der Waals surface area (Å²) in [7, 11) is 0. The Bertz CT molecular complexity index is 163. The molecule has 0 unspecified atom stereocenters. The van der Waals surface area contributed by atoms with Crippen LogP contribution in [0.4, 0.5) is 0 Å². The highest BCUT2D eigenvalue weighted by molar-refractivity contribution is 4.74. The van der Waals surface area contributed by atoms with Gasteiger partial charge in [-0.25, -0.2) is 0 Å². The van der Waals surface area contributed by atoms with Crippen LogP contribution in [0, 0.1) is 10.8 Å². The molecule has 0 saturated heterocycles. The smallest absolute Gasteiger partial charge is 0.00103 e. The van der Waals surface area contributed by atoms with Crippen LogP contribution >= 0.6 is 0 Å². The van der Waals surface area contributed by atoms with Gasteiger partial charge in [0.05, 0.1) is 0 Å². The van der Waals surface area contributed by atoms with Gasteiger partial charge < -0.3 is 5.32 Å². The molecular formula is C14H31N. The fourth-order valence-electron chi connectivity index (χ4n) is 1.54. The summed E-state index contributed by atoms with van der Waals surface area (Å²) >= 11 is 0. The van der Waals surface area contributed by atoms with Crippen molar-refractivity contribution in [1.82, 2.24) is 5.32 Å². The molecule has 0 amide bonds. The first-order chi connectivity index (χ1) is 6.62. The molecular weight excluding hydrogens is 182 g/mol. The Balaban J connectivity index is 3.77. The molecule has 92 valence electrons. The standard InChI is InChI=1S/C14H31N/c1-12(2)15-11-10-14(6,7)9-8-13(3,4)5/h12,15H,8-11H2,1-7H3. The number of rotatable bonds is 6. The zero-order chi connectivity index (χ0) is 12.1. The molecule has 0 spiro atoms. The molecule has 1 heteroatoms. The minimum atomic E-state index is 0.475. The van der Waals surface area contributed by atoms with Crippen LogP contribution in [0.2, 0.25) is 0 Å². The lowest BCUT2D eigenvalue weighted by Gasteiger charge is -2.29. The third-order valence-electron chi connectivity index (χ3n) is 2.91. The van der Waals surface area contributed by atoms with E-state index in [1.807, 2.05) is 0 Å². The second-order valence-electron chi connectivity index (χ2n) is 7.08. The van der Waals surface area contributed by atoms with Crippen molar-refractivity contribution in [3.8, 4) is 0 Å². The Kier molecular flexibility index (Phi) is 5.87. The summed E-state index contributed by atoms with van der Waals surface area (Å²) in [5.74, 6) is 0. The zero-order valence-electron chi connectivity index (χ0n) is 11.9. The SMILES string of the molecule is CC(C)NCCC(C)(C)CCC(C)(C)C. The summed E-state index contributed by atoms with van der Waals surface area (Å²) in [6.45, 7) is 17.3. The minimum absolute atomic E-state index is 0.475. The van der Waals surface area contributed by atoms with Gasteiger partial charge in [-0.15, -0.1) is 0 Å². The highest BCUT2D eigenvalue weighted by atomic mass is 14.9. The molecule has 0 saturated carbocycles. The second kappa shape index (κ2) is 5.89. The molecule has 0 fully saturated rings. The Hall–Kier alpha value is -0.0400. The van der Waals surface area contributed by atoms with E-state index in [4.69, 9.17) is 0 Å².